The van der Waals surface area contributed by atoms with Crippen molar-refractivity contribution in [3.05, 3.63) is 39.6 Å². The van der Waals surface area contributed by atoms with Gasteiger partial charge in [-0.05, 0) is 24.1 Å². The van der Waals surface area contributed by atoms with Crippen molar-refractivity contribution in [3.8, 4) is 10.6 Å². The van der Waals surface area contributed by atoms with Gasteiger partial charge >= 0.3 is 5.97 Å². The highest BCUT2D eigenvalue weighted by atomic mass is 35.5. The molecule has 0 spiro atoms. The lowest BCUT2D eigenvalue weighted by molar-refractivity contribution is 0.0700. The Balaban J connectivity index is 2.54. The molecule has 0 saturated heterocycles. The van der Waals surface area contributed by atoms with Gasteiger partial charge in [-0.3, -0.25) is 0 Å². The summed E-state index contributed by atoms with van der Waals surface area (Å²) in [5.74, 6) is -1.50. The second kappa shape index (κ2) is 5.27. The van der Waals surface area contributed by atoms with E-state index < -0.39 is 11.8 Å². The molecule has 0 atom stereocenters. The highest BCUT2D eigenvalue weighted by Crippen LogP contribution is 2.33. The van der Waals surface area contributed by atoms with Crippen LogP contribution in [0.15, 0.2) is 18.2 Å². The number of aromatic nitrogens is 1. The van der Waals surface area contributed by atoms with Crippen LogP contribution in [0.3, 0.4) is 0 Å². The first-order valence-electron chi connectivity index (χ1n) is 5.59. The van der Waals surface area contributed by atoms with Gasteiger partial charge in [-0.2, -0.15) is 0 Å². The van der Waals surface area contributed by atoms with Gasteiger partial charge in [-0.15, -0.1) is 11.3 Å². The molecule has 19 heavy (non-hydrogen) atoms. The zero-order chi connectivity index (χ0) is 14.2. The van der Waals surface area contributed by atoms with Gasteiger partial charge in [0.15, 0.2) is 0 Å². The molecule has 2 rings (SSSR count). The summed E-state index contributed by atoms with van der Waals surface area (Å²) in [5.41, 5.74) is 1.15. The minimum atomic E-state index is -0.999. The lowest BCUT2D eigenvalue weighted by Crippen LogP contribution is -2.00. The van der Waals surface area contributed by atoms with Gasteiger partial charge in [0, 0.05) is 5.56 Å². The van der Waals surface area contributed by atoms with E-state index in [4.69, 9.17) is 16.7 Å². The molecular weight excluding hydrogens is 289 g/mol. The third-order valence-electron chi connectivity index (χ3n) is 2.56. The Morgan fingerprint density at radius 1 is 1.47 bits per heavy atom. The van der Waals surface area contributed by atoms with Crippen LogP contribution in [0.1, 0.15) is 35.1 Å². The summed E-state index contributed by atoms with van der Waals surface area (Å²) in [6.45, 7) is 3.76. The molecule has 1 N–H and O–H groups in total. The van der Waals surface area contributed by atoms with Crippen molar-refractivity contribution < 1.29 is 14.3 Å². The van der Waals surface area contributed by atoms with E-state index in [2.05, 4.69) is 4.98 Å². The fraction of sp³-hybridized carbons (Fsp3) is 0.231. The van der Waals surface area contributed by atoms with Crippen LogP contribution in [0.4, 0.5) is 4.39 Å². The maximum absolute atomic E-state index is 13.1. The number of hydrogen-bond donors (Lipinski definition) is 1. The normalized spacial score (nSPS) is 11.0. The molecule has 0 radical (unpaired) electrons. The van der Waals surface area contributed by atoms with Crippen LogP contribution in [0, 0.1) is 5.82 Å². The summed E-state index contributed by atoms with van der Waals surface area (Å²) in [6.07, 6.45) is 0. The highest BCUT2D eigenvalue weighted by Gasteiger charge is 2.20. The molecule has 0 unspecified atom stereocenters. The van der Waals surface area contributed by atoms with Crippen molar-refractivity contribution in [1.82, 2.24) is 4.98 Å². The number of benzene rings is 1. The number of halogens is 2. The Bertz CT molecular complexity index is 640. The van der Waals surface area contributed by atoms with Gasteiger partial charge in [-0.1, -0.05) is 25.4 Å². The minimum Gasteiger partial charge on any atom is -0.477 e. The van der Waals surface area contributed by atoms with Crippen molar-refractivity contribution in [2.45, 2.75) is 19.8 Å². The molecule has 100 valence electrons. The van der Waals surface area contributed by atoms with E-state index in [9.17, 15) is 9.18 Å². The predicted octanol–water partition coefficient (Wildman–Crippen LogP) is 4.42. The first-order valence-corrected chi connectivity index (χ1v) is 6.79. The Hall–Kier alpha value is -1.46. The minimum absolute atomic E-state index is 0.00401. The topological polar surface area (TPSA) is 50.2 Å². The lowest BCUT2D eigenvalue weighted by atomic mass is 10.1. The molecule has 3 nitrogen and oxygen atoms in total. The molecular formula is C13H11ClFNO2S. The SMILES string of the molecule is CC(C)c1nc(-c2ccc(F)c(Cl)c2)sc1C(=O)O. The summed E-state index contributed by atoms with van der Waals surface area (Å²) >= 11 is 6.79. The molecule has 1 aromatic carbocycles. The molecule has 2 aromatic rings. The number of carbonyl (C=O) groups is 1. The third kappa shape index (κ3) is 2.77. The molecule has 1 aromatic heterocycles. The number of carboxylic acid groups (broad SMARTS) is 1. The van der Waals surface area contributed by atoms with Crippen LogP contribution < -0.4 is 0 Å². The quantitative estimate of drug-likeness (QED) is 0.912. The molecule has 0 aliphatic rings. The van der Waals surface area contributed by atoms with E-state index in [1.54, 1.807) is 0 Å². The zero-order valence-corrected chi connectivity index (χ0v) is 11.8. The smallest absolute Gasteiger partial charge is 0.347 e. The molecule has 1 heterocycles. The maximum atomic E-state index is 13.1. The number of carboxylic acids is 1. The monoisotopic (exact) mass is 299 g/mol. The van der Waals surface area contributed by atoms with Gasteiger partial charge in [0.25, 0.3) is 0 Å². The van der Waals surface area contributed by atoms with Gasteiger partial charge in [-0.25, -0.2) is 14.2 Å². The number of aromatic carboxylic acids is 1. The van der Waals surface area contributed by atoms with E-state index in [-0.39, 0.29) is 15.8 Å². The Labute approximate surface area is 118 Å². The molecule has 0 fully saturated rings. The van der Waals surface area contributed by atoms with E-state index in [0.29, 0.717) is 16.3 Å². The molecule has 0 bridgehead atoms. The molecule has 6 heteroatoms. The van der Waals surface area contributed by atoms with Gasteiger partial charge in [0.1, 0.15) is 15.7 Å². The van der Waals surface area contributed by atoms with Crippen molar-refractivity contribution in [2.24, 2.45) is 0 Å². The second-order valence-corrected chi connectivity index (χ2v) is 5.73. The van der Waals surface area contributed by atoms with Gasteiger partial charge in [0.2, 0.25) is 0 Å². The summed E-state index contributed by atoms with van der Waals surface area (Å²) in [4.78, 5) is 15.7. The average Bonchev–Trinajstić information content (AvgIpc) is 2.78. The van der Waals surface area contributed by atoms with Crippen LogP contribution >= 0.6 is 22.9 Å². The van der Waals surface area contributed by atoms with Crippen LogP contribution in [0.2, 0.25) is 5.02 Å². The first-order chi connectivity index (χ1) is 8.90. The van der Waals surface area contributed by atoms with Gasteiger partial charge in [0.05, 0.1) is 10.7 Å². The average molecular weight is 300 g/mol. The zero-order valence-electron chi connectivity index (χ0n) is 10.3. The van der Waals surface area contributed by atoms with E-state index in [1.807, 2.05) is 13.8 Å². The van der Waals surface area contributed by atoms with Crippen molar-refractivity contribution >= 4 is 28.9 Å². The highest BCUT2D eigenvalue weighted by molar-refractivity contribution is 7.17. The fourth-order valence-corrected chi connectivity index (χ4v) is 2.87. The largest absolute Gasteiger partial charge is 0.477 e. The van der Waals surface area contributed by atoms with Crippen molar-refractivity contribution in [1.29, 1.82) is 0 Å². The lowest BCUT2D eigenvalue weighted by Gasteiger charge is -2.00. The van der Waals surface area contributed by atoms with E-state index in [0.717, 1.165) is 11.3 Å². The van der Waals surface area contributed by atoms with Crippen LogP contribution in [0.25, 0.3) is 10.6 Å². The predicted molar refractivity (Wildman–Crippen MR) is 73.6 cm³/mol. The summed E-state index contributed by atoms with van der Waals surface area (Å²) in [6, 6.07) is 4.23. The van der Waals surface area contributed by atoms with Crippen LogP contribution in [-0.2, 0) is 0 Å². The number of thiazole rings is 1. The van der Waals surface area contributed by atoms with Crippen molar-refractivity contribution in [2.75, 3.05) is 0 Å². The van der Waals surface area contributed by atoms with E-state index in [1.165, 1.54) is 18.2 Å². The summed E-state index contributed by atoms with van der Waals surface area (Å²) in [5, 5.41) is 9.68. The van der Waals surface area contributed by atoms with Crippen molar-refractivity contribution in [3.63, 3.8) is 0 Å². The number of nitrogens with zero attached hydrogens (tertiary/aromatic N) is 1. The number of hydrogen-bond acceptors (Lipinski definition) is 3. The molecule has 0 aliphatic carbocycles. The molecule has 0 saturated carbocycles. The molecule has 0 amide bonds. The maximum Gasteiger partial charge on any atom is 0.347 e. The Kier molecular flexibility index (Phi) is 3.87. The van der Waals surface area contributed by atoms with Crippen LogP contribution in [-0.4, -0.2) is 16.1 Å². The Morgan fingerprint density at radius 3 is 2.63 bits per heavy atom. The fourth-order valence-electron chi connectivity index (χ4n) is 1.63. The van der Waals surface area contributed by atoms with Gasteiger partial charge < -0.3 is 5.11 Å². The van der Waals surface area contributed by atoms with E-state index >= 15 is 0 Å². The standard InChI is InChI=1S/C13H11ClFNO2S/c1-6(2)10-11(13(17)18)19-12(16-10)7-3-4-9(15)8(14)5-7/h3-6H,1-2H3,(H,17,18). The third-order valence-corrected chi connectivity index (χ3v) is 3.96. The van der Waals surface area contributed by atoms with Crippen LogP contribution in [0.5, 0.6) is 0 Å². The summed E-state index contributed by atoms with van der Waals surface area (Å²) < 4.78 is 13.1. The number of rotatable bonds is 3. The summed E-state index contributed by atoms with van der Waals surface area (Å²) in [7, 11) is 0. The Morgan fingerprint density at radius 2 is 2.16 bits per heavy atom. The first kappa shape index (κ1) is 14.0. The molecule has 0 aliphatic heterocycles. The second-order valence-electron chi connectivity index (χ2n) is 4.32.